The molecule has 7 heteroatoms. The number of rotatable bonds is 2. The highest BCUT2D eigenvalue weighted by molar-refractivity contribution is 9.10. The molecule has 0 saturated carbocycles. The zero-order valence-corrected chi connectivity index (χ0v) is 13.6. The summed E-state index contributed by atoms with van der Waals surface area (Å²) in [5.74, 6) is 0.0311. The van der Waals surface area contributed by atoms with Crippen molar-refractivity contribution in [1.82, 2.24) is 14.8 Å². The Labute approximate surface area is 134 Å². The number of carbonyl (C=O) groups excluding carboxylic acids is 2. The smallest absolute Gasteiger partial charge is 0.270 e. The Morgan fingerprint density at radius 1 is 1.14 bits per heavy atom. The lowest BCUT2D eigenvalue weighted by Crippen LogP contribution is -2.50. The standard InChI is InChI=1S/C14H14BrN3O2S/c15-10-8-12(21-9-10)14(20)18-6-4-17(5-7-18)13(19)11-2-1-3-16-11/h1-3,8-9,16H,4-7H2. The van der Waals surface area contributed by atoms with Crippen molar-refractivity contribution in [3.63, 3.8) is 0 Å². The number of amides is 2. The van der Waals surface area contributed by atoms with Crippen LogP contribution in [0.15, 0.2) is 34.2 Å². The highest BCUT2D eigenvalue weighted by Gasteiger charge is 2.26. The third kappa shape index (κ3) is 3.03. The minimum absolute atomic E-state index is 0.00836. The number of halogens is 1. The summed E-state index contributed by atoms with van der Waals surface area (Å²) in [7, 11) is 0. The molecular weight excluding hydrogens is 354 g/mol. The van der Waals surface area contributed by atoms with E-state index in [-0.39, 0.29) is 11.8 Å². The first-order chi connectivity index (χ1) is 10.1. The van der Waals surface area contributed by atoms with Gasteiger partial charge in [0.15, 0.2) is 0 Å². The second-order valence-corrected chi connectivity index (χ2v) is 6.62. The monoisotopic (exact) mass is 367 g/mol. The van der Waals surface area contributed by atoms with Gasteiger partial charge in [0.1, 0.15) is 5.69 Å². The van der Waals surface area contributed by atoms with E-state index in [2.05, 4.69) is 20.9 Å². The highest BCUT2D eigenvalue weighted by Crippen LogP contribution is 2.22. The average Bonchev–Trinajstić information content (AvgIpc) is 3.17. The molecule has 2 aromatic rings. The highest BCUT2D eigenvalue weighted by atomic mass is 79.9. The molecule has 0 aromatic carbocycles. The molecule has 1 aliphatic heterocycles. The Hall–Kier alpha value is -1.60. The van der Waals surface area contributed by atoms with Crippen molar-refractivity contribution in [2.24, 2.45) is 0 Å². The lowest BCUT2D eigenvalue weighted by Gasteiger charge is -2.34. The molecule has 0 spiro atoms. The molecule has 2 amide bonds. The summed E-state index contributed by atoms with van der Waals surface area (Å²) >= 11 is 4.79. The molecule has 0 atom stereocenters. The van der Waals surface area contributed by atoms with E-state index in [9.17, 15) is 9.59 Å². The van der Waals surface area contributed by atoms with Gasteiger partial charge in [0, 0.05) is 42.2 Å². The third-order valence-corrected chi connectivity index (χ3v) is 5.14. The number of aromatic nitrogens is 1. The van der Waals surface area contributed by atoms with Gasteiger partial charge in [0.05, 0.1) is 4.88 Å². The number of nitrogens with zero attached hydrogens (tertiary/aromatic N) is 2. The minimum atomic E-state index is -0.00836. The fourth-order valence-corrected chi connectivity index (χ4v) is 3.72. The number of H-pyrrole nitrogens is 1. The number of aromatic amines is 1. The van der Waals surface area contributed by atoms with E-state index in [1.54, 1.807) is 22.1 Å². The average molecular weight is 368 g/mol. The Morgan fingerprint density at radius 2 is 1.81 bits per heavy atom. The van der Waals surface area contributed by atoms with Crippen molar-refractivity contribution in [3.05, 3.63) is 44.8 Å². The first-order valence-corrected chi connectivity index (χ1v) is 8.28. The predicted octanol–water partition coefficient (Wildman–Crippen LogP) is 2.44. The Morgan fingerprint density at radius 3 is 2.33 bits per heavy atom. The van der Waals surface area contributed by atoms with Crippen molar-refractivity contribution in [2.75, 3.05) is 26.2 Å². The molecule has 1 saturated heterocycles. The zero-order chi connectivity index (χ0) is 14.8. The van der Waals surface area contributed by atoms with Crippen LogP contribution in [0.1, 0.15) is 20.2 Å². The lowest BCUT2D eigenvalue weighted by atomic mass is 10.2. The van der Waals surface area contributed by atoms with Gasteiger partial charge in [-0.25, -0.2) is 0 Å². The Balaban J connectivity index is 1.60. The molecule has 1 fully saturated rings. The van der Waals surface area contributed by atoms with E-state index in [0.717, 1.165) is 9.35 Å². The molecule has 110 valence electrons. The lowest BCUT2D eigenvalue weighted by molar-refractivity contribution is 0.0535. The summed E-state index contributed by atoms with van der Waals surface area (Å²) in [5.41, 5.74) is 0.594. The van der Waals surface area contributed by atoms with E-state index in [1.165, 1.54) is 11.3 Å². The van der Waals surface area contributed by atoms with Gasteiger partial charge in [-0.2, -0.15) is 0 Å². The summed E-state index contributed by atoms with van der Waals surface area (Å²) in [6, 6.07) is 5.41. The topological polar surface area (TPSA) is 56.4 Å². The van der Waals surface area contributed by atoms with Gasteiger partial charge in [-0.3, -0.25) is 9.59 Å². The van der Waals surface area contributed by atoms with E-state index in [1.807, 2.05) is 17.5 Å². The van der Waals surface area contributed by atoms with Gasteiger partial charge >= 0.3 is 0 Å². The summed E-state index contributed by atoms with van der Waals surface area (Å²) in [5, 5.41) is 1.90. The second kappa shape index (κ2) is 6.03. The van der Waals surface area contributed by atoms with Gasteiger partial charge in [0.25, 0.3) is 11.8 Å². The predicted molar refractivity (Wildman–Crippen MR) is 84.6 cm³/mol. The number of hydrogen-bond donors (Lipinski definition) is 1. The number of hydrogen-bond acceptors (Lipinski definition) is 3. The quantitative estimate of drug-likeness (QED) is 0.885. The maximum Gasteiger partial charge on any atom is 0.270 e. The van der Waals surface area contributed by atoms with Crippen molar-refractivity contribution in [3.8, 4) is 0 Å². The minimum Gasteiger partial charge on any atom is -0.357 e. The SMILES string of the molecule is O=C(c1ccc[nH]1)N1CCN(C(=O)c2cc(Br)cs2)CC1. The van der Waals surface area contributed by atoms with Crippen molar-refractivity contribution < 1.29 is 9.59 Å². The third-order valence-electron chi connectivity index (χ3n) is 3.46. The number of thiophene rings is 1. The fraction of sp³-hybridized carbons (Fsp3) is 0.286. The molecule has 0 radical (unpaired) electrons. The van der Waals surface area contributed by atoms with Crippen LogP contribution in [0.25, 0.3) is 0 Å². The first-order valence-electron chi connectivity index (χ1n) is 6.61. The maximum atomic E-state index is 12.3. The van der Waals surface area contributed by atoms with Crippen LogP contribution in [-0.2, 0) is 0 Å². The molecule has 1 N–H and O–H groups in total. The van der Waals surface area contributed by atoms with E-state index in [0.29, 0.717) is 31.9 Å². The molecule has 3 heterocycles. The van der Waals surface area contributed by atoms with Crippen LogP contribution in [0, 0.1) is 0 Å². The van der Waals surface area contributed by atoms with Crippen LogP contribution < -0.4 is 0 Å². The van der Waals surface area contributed by atoms with Gasteiger partial charge in [-0.1, -0.05) is 0 Å². The van der Waals surface area contributed by atoms with Crippen molar-refractivity contribution >= 4 is 39.1 Å². The van der Waals surface area contributed by atoms with Crippen LogP contribution >= 0.6 is 27.3 Å². The first kappa shape index (κ1) is 14.3. The molecule has 5 nitrogen and oxygen atoms in total. The van der Waals surface area contributed by atoms with E-state index < -0.39 is 0 Å². The number of carbonyl (C=O) groups is 2. The number of piperazine rings is 1. The van der Waals surface area contributed by atoms with Crippen LogP contribution in [0.5, 0.6) is 0 Å². The summed E-state index contributed by atoms with van der Waals surface area (Å²) in [4.78, 5) is 31.8. The largest absolute Gasteiger partial charge is 0.357 e. The summed E-state index contributed by atoms with van der Waals surface area (Å²) in [6.45, 7) is 2.27. The molecular formula is C14H14BrN3O2S. The summed E-state index contributed by atoms with van der Waals surface area (Å²) < 4.78 is 0.927. The molecule has 0 aliphatic carbocycles. The van der Waals surface area contributed by atoms with Crippen LogP contribution in [0.2, 0.25) is 0 Å². The van der Waals surface area contributed by atoms with E-state index >= 15 is 0 Å². The van der Waals surface area contributed by atoms with Gasteiger partial charge < -0.3 is 14.8 Å². The molecule has 0 unspecified atom stereocenters. The normalized spacial score (nSPS) is 15.3. The molecule has 0 bridgehead atoms. The van der Waals surface area contributed by atoms with Gasteiger partial charge in [-0.05, 0) is 34.1 Å². The van der Waals surface area contributed by atoms with Crippen LogP contribution in [-0.4, -0.2) is 52.8 Å². The van der Waals surface area contributed by atoms with Gasteiger partial charge in [0.2, 0.25) is 0 Å². The fourth-order valence-electron chi connectivity index (χ4n) is 2.33. The molecule has 3 rings (SSSR count). The van der Waals surface area contributed by atoms with E-state index in [4.69, 9.17) is 0 Å². The summed E-state index contributed by atoms with van der Waals surface area (Å²) in [6.07, 6.45) is 1.74. The Bertz CT molecular complexity index is 645. The Kier molecular flexibility index (Phi) is 4.12. The van der Waals surface area contributed by atoms with Crippen molar-refractivity contribution in [2.45, 2.75) is 0 Å². The molecule has 21 heavy (non-hydrogen) atoms. The zero-order valence-electron chi connectivity index (χ0n) is 11.2. The van der Waals surface area contributed by atoms with Gasteiger partial charge in [-0.15, -0.1) is 11.3 Å². The number of nitrogens with one attached hydrogen (secondary N) is 1. The maximum absolute atomic E-state index is 12.3. The van der Waals surface area contributed by atoms with Crippen molar-refractivity contribution in [1.29, 1.82) is 0 Å². The van der Waals surface area contributed by atoms with Crippen LogP contribution in [0.3, 0.4) is 0 Å². The molecule has 2 aromatic heterocycles. The van der Waals surface area contributed by atoms with Crippen LogP contribution in [0.4, 0.5) is 0 Å². The second-order valence-electron chi connectivity index (χ2n) is 4.80. The molecule has 1 aliphatic rings.